The minimum absolute atomic E-state index is 0.165. The molecular formula is C22H25ClN2O3S. The number of rotatable bonds is 6. The van der Waals surface area contributed by atoms with E-state index in [1.165, 1.54) is 0 Å². The van der Waals surface area contributed by atoms with Crippen LogP contribution in [0, 0.1) is 11.3 Å². The van der Waals surface area contributed by atoms with Gasteiger partial charge in [0.2, 0.25) is 0 Å². The Morgan fingerprint density at radius 1 is 1.00 bits per heavy atom. The minimum atomic E-state index is -3.21. The molecule has 0 heterocycles. The third kappa shape index (κ3) is 4.75. The summed E-state index contributed by atoms with van der Waals surface area (Å²) in [6.45, 7) is 0.459. The Hall–Kier alpha value is -2.05. The van der Waals surface area contributed by atoms with E-state index in [-0.39, 0.29) is 29.2 Å². The van der Waals surface area contributed by atoms with Crippen LogP contribution < -0.4 is 10.6 Å². The fourth-order valence-corrected chi connectivity index (χ4v) is 6.51. The van der Waals surface area contributed by atoms with E-state index in [1.54, 1.807) is 36.4 Å². The molecule has 0 unspecified atom stereocenters. The first-order chi connectivity index (χ1) is 13.8. The van der Waals surface area contributed by atoms with Crippen LogP contribution in [-0.2, 0) is 16.4 Å². The number of urea groups is 1. The molecule has 4 rings (SSSR count). The van der Waals surface area contributed by atoms with Gasteiger partial charge in [0.15, 0.2) is 9.84 Å². The number of carbonyl (C=O) groups is 1. The van der Waals surface area contributed by atoms with Crippen LogP contribution in [-0.4, -0.2) is 26.2 Å². The molecule has 2 aliphatic rings. The van der Waals surface area contributed by atoms with Crippen molar-refractivity contribution in [2.75, 3.05) is 5.75 Å². The van der Waals surface area contributed by atoms with E-state index >= 15 is 0 Å². The van der Waals surface area contributed by atoms with Crippen LogP contribution in [0.15, 0.2) is 59.5 Å². The largest absolute Gasteiger partial charge is 0.335 e. The minimum Gasteiger partial charge on any atom is -0.335 e. The van der Waals surface area contributed by atoms with Crippen LogP contribution in [0.5, 0.6) is 0 Å². The topological polar surface area (TPSA) is 75.3 Å². The second-order valence-electron chi connectivity index (χ2n) is 8.43. The van der Waals surface area contributed by atoms with Crippen LogP contribution in [0.3, 0.4) is 0 Å². The summed E-state index contributed by atoms with van der Waals surface area (Å²) in [5, 5.41) is 6.56. The number of amides is 2. The molecule has 0 saturated heterocycles. The van der Waals surface area contributed by atoms with Gasteiger partial charge in [-0.25, -0.2) is 13.2 Å². The highest BCUT2D eigenvalue weighted by Crippen LogP contribution is 2.59. The number of carbonyl (C=O) groups excluding carboxylic acids is 1. The summed E-state index contributed by atoms with van der Waals surface area (Å²) in [5.41, 5.74) is 1.22. The van der Waals surface area contributed by atoms with Gasteiger partial charge < -0.3 is 10.6 Å². The van der Waals surface area contributed by atoms with Crippen molar-refractivity contribution in [2.45, 2.75) is 43.2 Å². The molecule has 0 bridgehead atoms. The maximum Gasteiger partial charge on any atom is 0.315 e. The van der Waals surface area contributed by atoms with Crippen molar-refractivity contribution in [3.8, 4) is 0 Å². The highest BCUT2D eigenvalue weighted by atomic mass is 35.5. The Bertz CT molecular complexity index is 963. The van der Waals surface area contributed by atoms with Crippen molar-refractivity contribution in [1.82, 2.24) is 10.6 Å². The van der Waals surface area contributed by atoms with E-state index in [0.29, 0.717) is 16.5 Å². The first kappa shape index (κ1) is 20.2. The molecule has 2 amide bonds. The van der Waals surface area contributed by atoms with Crippen LogP contribution in [0.25, 0.3) is 0 Å². The molecule has 2 aliphatic carbocycles. The van der Waals surface area contributed by atoms with Crippen LogP contribution in [0.1, 0.15) is 31.2 Å². The van der Waals surface area contributed by atoms with E-state index in [4.69, 9.17) is 11.6 Å². The van der Waals surface area contributed by atoms with E-state index in [9.17, 15) is 13.2 Å². The Morgan fingerprint density at radius 2 is 1.66 bits per heavy atom. The van der Waals surface area contributed by atoms with Crippen molar-refractivity contribution in [3.05, 3.63) is 65.2 Å². The zero-order valence-electron chi connectivity index (χ0n) is 16.1. The molecule has 154 valence electrons. The Labute approximate surface area is 176 Å². The first-order valence-corrected chi connectivity index (χ1v) is 11.9. The fourth-order valence-electron chi connectivity index (χ4n) is 4.76. The first-order valence-electron chi connectivity index (χ1n) is 9.90. The molecule has 0 aromatic heterocycles. The van der Waals surface area contributed by atoms with Gasteiger partial charge in [0.05, 0.1) is 10.6 Å². The van der Waals surface area contributed by atoms with E-state index < -0.39 is 9.84 Å². The normalized spacial score (nSPS) is 25.7. The standard InChI is InChI=1S/C22H25ClN2O3S/c23-18-8-6-16(7-9-18)14-24-21(26)25-19-12-22(13-19)10-17(11-22)15-29(27,28)20-4-2-1-3-5-20/h1-9,17,19H,10-15H2,(H2,24,25,26). The predicted octanol–water partition coefficient (Wildman–Crippen LogP) is 4.17. The Balaban J connectivity index is 1.17. The summed E-state index contributed by atoms with van der Waals surface area (Å²) in [5.74, 6) is 0.443. The maximum absolute atomic E-state index is 12.5. The number of hydrogen-bond donors (Lipinski definition) is 2. The molecule has 2 fully saturated rings. The van der Waals surface area contributed by atoms with E-state index in [0.717, 1.165) is 31.2 Å². The number of benzene rings is 2. The summed E-state index contributed by atoms with van der Waals surface area (Å²) >= 11 is 5.86. The van der Waals surface area contributed by atoms with Crippen molar-refractivity contribution >= 4 is 27.5 Å². The molecule has 5 nitrogen and oxygen atoms in total. The SMILES string of the molecule is O=C(NCc1ccc(Cl)cc1)NC1CC2(CC(CS(=O)(=O)c3ccccc3)C2)C1. The molecule has 2 N–H and O–H groups in total. The highest BCUT2D eigenvalue weighted by molar-refractivity contribution is 7.91. The van der Waals surface area contributed by atoms with Crippen molar-refractivity contribution < 1.29 is 13.2 Å². The molecular weight excluding hydrogens is 408 g/mol. The number of sulfone groups is 1. The van der Waals surface area contributed by atoms with Crippen molar-refractivity contribution in [3.63, 3.8) is 0 Å². The molecule has 29 heavy (non-hydrogen) atoms. The third-order valence-corrected chi connectivity index (χ3v) is 8.21. The molecule has 0 atom stereocenters. The molecule has 0 aliphatic heterocycles. The van der Waals surface area contributed by atoms with Gasteiger partial charge in [-0.2, -0.15) is 0 Å². The Kier molecular flexibility index (Phi) is 5.58. The monoisotopic (exact) mass is 432 g/mol. The Morgan fingerprint density at radius 3 is 2.31 bits per heavy atom. The molecule has 0 radical (unpaired) electrons. The van der Waals surface area contributed by atoms with Gasteiger partial charge in [0.25, 0.3) is 0 Å². The quantitative estimate of drug-likeness (QED) is 0.719. The summed E-state index contributed by atoms with van der Waals surface area (Å²) in [6.07, 6.45) is 3.74. The molecule has 1 spiro atoms. The van der Waals surface area contributed by atoms with Gasteiger partial charge in [0, 0.05) is 17.6 Å². The lowest BCUT2D eigenvalue weighted by Gasteiger charge is -2.57. The van der Waals surface area contributed by atoms with Crippen LogP contribution >= 0.6 is 11.6 Å². The van der Waals surface area contributed by atoms with Gasteiger partial charge in [-0.3, -0.25) is 0 Å². The fraction of sp³-hybridized carbons (Fsp3) is 0.409. The second kappa shape index (κ2) is 8.00. The molecule has 7 heteroatoms. The third-order valence-electron chi connectivity index (χ3n) is 6.06. The molecule has 2 saturated carbocycles. The average Bonchev–Trinajstić information content (AvgIpc) is 2.65. The highest BCUT2D eigenvalue weighted by Gasteiger charge is 2.53. The van der Waals surface area contributed by atoms with Crippen LogP contribution in [0.4, 0.5) is 4.79 Å². The van der Waals surface area contributed by atoms with Gasteiger partial charge in [-0.1, -0.05) is 41.9 Å². The summed E-state index contributed by atoms with van der Waals surface area (Å²) in [7, 11) is -3.21. The van der Waals surface area contributed by atoms with Gasteiger partial charge in [0.1, 0.15) is 0 Å². The molecule has 2 aromatic rings. The van der Waals surface area contributed by atoms with Crippen molar-refractivity contribution in [2.24, 2.45) is 11.3 Å². The zero-order valence-corrected chi connectivity index (χ0v) is 17.7. The van der Waals surface area contributed by atoms with Gasteiger partial charge in [-0.15, -0.1) is 0 Å². The maximum atomic E-state index is 12.5. The zero-order chi connectivity index (χ0) is 20.5. The predicted molar refractivity (Wildman–Crippen MR) is 113 cm³/mol. The van der Waals surface area contributed by atoms with E-state index in [1.807, 2.05) is 18.2 Å². The van der Waals surface area contributed by atoms with Crippen molar-refractivity contribution in [1.29, 1.82) is 0 Å². The van der Waals surface area contributed by atoms with Gasteiger partial charge in [-0.05, 0) is 66.8 Å². The smallest absolute Gasteiger partial charge is 0.315 e. The number of halogens is 1. The lowest BCUT2D eigenvalue weighted by Crippen LogP contribution is -2.58. The number of nitrogens with one attached hydrogen (secondary N) is 2. The summed E-state index contributed by atoms with van der Waals surface area (Å²) < 4.78 is 25.0. The summed E-state index contributed by atoms with van der Waals surface area (Å²) in [6, 6.07) is 16.1. The molecule has 2 aromatic carbocycles. The summed E-state index contributed by atoms with van der Waals surface area (Å²) in [4.78, 5) is 12.5. The number of hydrogen-bond acceptors (Lipinski definition) is 3. The lowest BCUT2D eigenvalue weighted by atomic mass is 9.50. The van der Waals surface area contributed by atoms with Gasteiger partial charge >= 0.3 is 6.03 Å². The van der Waals surface area contributed by atoms with Crippen LogP contribution in [0.2, 0.25) is 5.02 Å². The second-order valence-corrected chi connectivity index (χ2v) is 10.9. The van der Waals surface area contributed by atoms with E-state index in [2.05, 4.69) is 10.6 Å². The average molecular weight is 433 g/mol. The lowest BCUT2D eigenvalue weighted by molar-refractivity contribution is -0.0374.